The van der Waals surface area contributed by atoms with Crippen LogP contribution in [0.5, 0.6) is 0 Å². The summed E-state index contributed by atoms with van der Waals surface area (Å²) in [6.07, 6.45) is 3.89. The highest BCUT2D eigenvalue weighted by atomic mass is 32.1. The topological polar surface area (TPSA) is 41.6 Å². The standard InChI is InChI=1S/C22H15N3S/c23-15-18(17-8-3-1-4-9-17)14-19-16-25(20-10-5-2-6-11-20)24-22(19)21-12-7-13-26-21/h1-14,16H/b18-14+. The van der Waals surface area contributed by atoms with E-state index in [9.17, 15) is 5.26 Å². The van der Waals surface area contributed by atoms with Crippen molar-refractivity contribution in [3.8, 4) is 22.3 Å². The van der Waals surface area contributed by atoms with Crippen LogP contribution in [0, 0.1) is 11.3 Å². The van der Waals surface area contributed by atoms with Gasteiger partial charge in [-0.15, -0.1) is 11.3 Å². The molecule has 0 aliphatic heterocycles. The second kappa shape index (κ2) is 7.22. The van der Waals surface area contributed by atoms with Crippen LogP contribution in [0.15, 0.2) is 84.4 Å². The highest BCUT2D eigenvalue weighted by Gasteiger charge is 2.13. The highest BCUT2D eigenvalue weighted by molar-refractivity contribution is 7.13. The monoisotopic (exact) mass is 353 g/mol. The van der Waals surface area contributed by atoms with Crippen molar-refractivity contribution in [1.82, 2.24) is 9.78 Å². The summed E-state index contributed by atoms with van der Waals surface area (Å²) in [5, 5.41) is 16.5. The first-order chi connectivity index (χ1) is 12.8. The molecule has 0 spiro atoms. The number of thiophene rings is 1. The summed E-state index contributed by atoms with van der Waals surface area (Å²) in [4.78, 5) is 1.08. The van der Waals surface area contributed by atoms with Crippen LogP contribution in [0.1, 0.15) is 11.1 Å². The Morgan fingerprint density at radius 2 is 1.69 bits per heavy atom. The summed E-state index contributed by atoms with van der Waals surface area (Å²) in [7, 11) is 0. The zero-order valence-corrected chi connectivity index (χ0v) is 14.7. The van der Waals surface area contributed by atoms with Gasteiger partial charge in [-0.3, -0.25) is 0 Å². The zero-order chi connectivity index (χ0) is 17.8. The Hall–Kier alpha value is -3.42. The fourth-order valence-electron chi connectivity index (χ4n) is 2.76. The molecule has 0 saturated heterocycles. The van der Waals surface area contributed by atoms with Gasteiger partial charge in [0.2, 0.25) is 0 Å². The van der Waals surface area contributed by atoms with Crippen LogP contribution in [0.4, 0.5) is 0 Å². The van der Waals surface area contributed by atoms with Crippen molar-refractivity contribution in [3.63, 3.8) is 0 Å². The lowest BCUT2D eigenvalue weighted by atomic mass is 10.0. The molecule has 2 aromatic heterocycles. The van der Waals surface area contributed by atoms with Gasteiger partial charge < -0.3 is 0 Å². The van der Waals surface area contributed by atoms with Crippen molar-refractivity contribution in [3.05, 3.63) is 95.5 Å². The van der Waals surface area contributed by atoms with E-state index in [1.165, 1.54) is 0 Å². The largest absolute Gasteiger partial charge is 0.240 e. The van der Waals surface area contributed by atoms with Crippen molar-refractivity contribution >= 4 is 23.0 Å². The maximum atomic E-state index is 9.64. The second-order valence-corrected chi connectivity index (χ2v) is 6.67. The first kappa shape index (κ1) is 16.1. The Morgan fingerprint density at radius 3 is 2.35 bits per heavy atom. The fraction of sp³-hybridized carbons (Fsp3) is 0. The third kappa shape index (κ3) is 3.21. The summed E-state index contributed by atoms with van der Waals surface area (Å²) >= 11 is 1.64. The summed E-state index contributed by atoms with van der Waals surface area (Å²) in [5.74, 6) is 0. The molecule has 4 heteroatoms. The maximum absolute atomic E-state index is 9.64. The molecule has 124 valence electrons. The van der Waals surface area contributed by atoms with Gasteiger partial charge in [-0.25, -0.2) is 4.68 Å². The number of benzene rings is 2. The number of aromatic nitrogens is 2. The Labute approximate surface area is 156 Å². The molecule has 0 atom stereocenters. The van der Waals surface area contributed by atoms with E-state index in [0.717, 1.165) is 27.4 Å². The average molecular weight is 353 g/mol. The Balaban J connectivity index is 1.86. The summed E-state index contributed by atoms with van der Waals surface area (Å²) in [6, 6.07) is 26.1. The summed E-state index contributed by atoms with van der Waals surface area (Å²) in [6.45, 7) is 0. The van der Waals surface area contributed by atoms with Crippen molar-refractivity contribution in [1.29, 1.82) is 5.26 Å². The summed E-state index contributed by atoms with van der Waals surface area (Å²) < 4.78 is 1.86. The zero-order valence-electron chi connectivity index (χ0n) is 13.9. The molecule has 0 fully saturated rings. The molecule has 0 radical (unpaired) electrons. The van der Waals surface area contributed by atoms with Gasteiger partial charge in [0.25, 0.3) is 0 Å². The number of allylic oxidation sites excluding steroid dienone is 1. The SMILES string of the molecule is N#C/C(=C\c1cn(-c2ccccc2)nc1-c1cccs1)c1ccccc1. The van der Waals surface area contributed by atoms with E-state index in [-0.39, 0.29) is 0 Å². The van der Waals surface area contributed by atoms with Gasteiger partial charge in [0.05, 0.1) is 22.2 Å². The predicted molar refractivity (Wildman–Crippen MR) is 107 cm³/mol. The molecule has 0 amide bonds. The van der Waals surface area contributed by atoms with E-state index in [2.05, 4.69) is 6.07 Å². The van der Waals surface area contributed by atoms with Crippen LogP contribution in [0.2, 0.25) is 0 Å². The third-order valence-corrected chi connectivity index (χ3v) is 4.90. The van der Waals surface area contributed by atoms with Gasteiger partial charge in [0.1, 0.15) is 5.69 Å². The van der Waals surface area contributed by atoms with E-state index in [0.29, 0.717) is 5.57 Å². The fourth-order valence-corrected chi connectivity index (χ4v) is 3.50. The number of para-hydroxylation sites is 1. The second-order valence-electron chi connectivity index (χ2n) is 5.73. The van der Waals surface area contributed by atoms with E-state index >= 15 is 0 Å². The van der Waals surface area contributed by atoms with E-state index < -0.39 is 0 Å². The number of rotatable bonds is 4. The minimum atomic E-state index is 0.621. The number of nitriles is 1. The molecule has 4 aromatic rings. The van der Waals surface area contributed by atoms with Crippen molar-refractivity contribution in [2.45, 2.75) is 0 Å². The number of hydrogen-bond acceptors (Lipinski definition) is 3. The lowest BCUT2D eigenvalue weighted by Crippen LogP contribution is -1.93. The minimum absolute atomic E-state index is 0.621. The molecule has 4 rings (SSSR count). The molecule has 0 N–H and O–H groups in total. The first-order valence-corrected chi connectivity index (χ1v) is 9.09. The molecule has 2 aromatic carbocycles. The third-order valence-electron chi connectivity index (χ3n) is 4.02. The number of nitrogens with zero attached hydrogens (tertiary/aromatic N) is 3. The van der Waals surface area contributed by atoms with Gasteiger partial charge in [-0.2, -0.15) is 10.4 Å². The maximum Gasteiger partial charge on any atom is 0.110 e. The van der Waals surface area contributed by atoms with E-state index in [1.807, 2.05) is 95.1 Å². The van der Waals surface area contributed by atoms with E-state index in [1.54, 1.807) is 11.3 Å². The average Bonchev–Trinajstić information content (AvgIpc) is 3.37. The lowest BCUT2D eigenvalue weighted by molar-refractivity contribution is 0.885. The molecule has 0 saturated carbocycles. The van der Waals surface area contributed by atoms with Gasteiger partial charge in [0, 0.05) is 11.8 Å². The van der Waals surface area contributed by atoms with Gasteiger partial charge in [-0.05, 0) is 35.2 Å². The molecule has 2 heterocycles. The lowest BCUT2D eigenvalue weighted by Gasteiger charge is -1.99. The van der Waals surface area contributed by atoms with Crippen LogP contribution >= 0.6 is 11.3 Å². The van der Waals surface area contributed by atoms with Crippen LogP contribution in [-0.2, 0) is 0 Å². The van der Waals surface area contributed by atoms with Crippen LogP contribution in [0.25, 0.3) is 27.9 Å². The normalized spacial score (nSPS) is 11.3. The number of hydrogen-bond donors (Lipinski definition) is 0. The first-order valence-electron chi connectivity index (χ1n) is 8.21. The molecule has 0 bridgehead atoms. The van der Waals surface area contributed by atoms with Crippen molar-refractivity contribution in [2.75, 3.05) is 0 Å². The Morgan fingerprint density at radius 1 is 0.962 bits per heavy atom. The van der Waals surface area contributed by atoms with Gasteiger partial charge in [-0.1, -0.05) is 54.6 Å². The Kier molecular flexibility index (Phi) is 4.46. The van der Waals surface area contributed by atoms with Crippen LogP contribution in [0.3, 0.4) is 0 Å². The molecular weight excluding hydrogens is 338 g/mol. The highest BCUT2D eigenvalue weighted by Crippen LogP contribution is 2.30. The molecule has 0 aliphatic rings. The molecule has 0 unspecified atom stereocenters. The van der Waals surface area contributed by atoms with Crippen LogP contribution < -0.4 is 0 Å². The molecule has 0 aliphatic carbocycles. The predicted octanol–water partition coefficient (Wildman–Crippen LogP) is 5.66. The minimum Gasteiger partial charge on any atom is -0.240 e. The van der Waals surface area contributed by atoms with Crippen molar-refractivity contribution < 1.29 is 0 Å². The Bertz CT molecular complexity index is 1070. The van der Waals surface area contributed by atoms with Gasteiger partial charge >= 0.3 is 0 Å². The quantitative estimate of drug-likeness (QED) is 0.444. The summed E-state index contributed by atoms with van der Waals surface area (Å²) in [5.41, 5.74) is 4.32. The van der Waals surface area contributed by atoms with Crippen molar-refractivity contribution in [2.24, 2.45) is 0 Å². The smallest absolute Gasteiger partial charge is 0.110 e. The molecule has 3 nitrogen and oxygen atoms in total. The van der Waals surface area contributed by atoms with Crippen LogP contribution in [-0.4, -0.2) is 9.78 Å². The molecular formula is C22H15N3S. The van der Waals surface area contributed by atoms with Gasteiger partial charge in [0.15, 0.2) is 0 Å². The molecule has 26 heavy (non-hydrogen) atoms. The van der Waals surface area contributed by atoms with E-state index in [4.69, 9.17) is 5.10 Å².